The van der Waals surface area contributed by atoms with Gasteiger partial charge in [-0.3, -0.25) is 9.89 Å². The highest BCUT2D eigenvalue weighted by Gasteiger charge is 2.34. The van der Waals surface area contributed by atoms with E-state index in [0.29, 0.717) is 0 Å². The van der Waals surface area contributed by atoms with E-state index in [4.69, 9.17) is 0 Å². The Kier molecular flexibility index (Phi) is 3.33. The maximum Gasteiger partial charge on any atom is 0.257 e. The van der Waals surface area contributed by atoms with Gasteiger partial charge in [0.2, 0.25) is 0 Å². The van der Waals surface area contributed by atoms with Gasteiger partial charge < -0.3 is 4.90 Å². The third-order valence-electron chi connectivity index (χ3n) is 4.92. The second-order valence-electron chi connectivity index (χ2n) is 6.15. The normalized spacial score (nSPS) is 27.2. The van der Waals surface area contributed by atoms with E-state index >= 15 is 0 Å². The van der Waals surface area contributed by atoms with Gasteiger partial charge in [-0.05, 0) is 38.5 Å². The molecule has 1 aliphatic heterocycles. The molecule has 1 N–H and O–H groups in total. The average molecular weight is 261 g/mol. The van der Waals surface area contributed by atoms with Crippen molar-refractivity contribution >= 4 is 5.91 Å². The molecule has 104 valence electrons. The third kappa shape index (κ3) is 2.28. The molecule has 0 spiro atoms. The molecule has 4 heteroatoms. The molecule has 0 radical (unpaired) electrons. The first-order valence-corrected chi connectivity index (χ1v) is 7.47. The van der Waals surface area contributed by atoms with Gasteiger partial charge in [0, 0.05) is 18.8 Å². The highest BCUT2D eigenvalue weighted by Crippen LogP contribution is 2.36. The van der Waals surface area contributed by atoms with Crippen molar-refractivity contribution in [3.63, 3.8) is 0 Å². The van der Waals surface area contributed by atoms with Crippen molar-refractivity contribution in [3.8, 4) is 0 Å². The summed E-state index contributed by atoms with van der Waals surface area (Å²) in [4.78, 5) is 14.7. The van der Waals surface area contributed by atoms with Crippen LogP contribution in [0, 0.1) is 25.7 Å². The minimum absolute atomic E-state index is 0.174. The van der Waals surface area contributed by atoms with E-state index in [2.05, 4.69) is 15.1 Å². The Bertz CT molecular complexity index is 460. The van der Waals surface area contributed by atoms with Crippen molar-refractivity contribution in [1.82, 2.24) is 15.1 Å². The number of hydrogen-bond acceptors (Lipinski definition) is 2. The topological polar surface area (TPSA) is 49.0 Å². The predicted molar refractivity (Wildman–Crippen MR) is 74.0 cm³/mol. The Morgan fingerprint density at radius 3 is 2.63 bits per heavy atom. The molecule has 1 aromatic rings. The Balaban J connectivity index is 1.74. The van der Waals surface area contributed by atoms with Crippen LogP contribution in [-0.4, -0.2) is 34.1 Å². The van der Waals surface area contributed by atoms with Gasteiger partial charge in [0.15, 0.2) is 0 Å². The number of fused-ring (bicyclic) bond motifs is 1. The molecule has 3 rings (SSSR count). The molecule has 1 amide bonds. The van der Waals surface area contributed by atoms with Crippen molar-refractivity contribution < 1.29 is 4.79 Å². The molecule has 1 aliphatic carbocycles. The number of piperidine rings is 1. The van der Waals surface area contributed by atoms with Crippen molar-refractivity contribution in [1.29, 1.82) is 0 Å². The smallest absolute Gasteiger partial charge is 0.257 e. The first kappa shape index (κ1) is 12.7. The molecule has 19 heavy (non-hydrogen) atoms. The zero-order valence-corrected chi connectivity index (χ0v) is 11.9. The molecular weight excluding hydrogens is 238 g/mol. The van der Waals surface area contributed by atoms with Crippen molar-refractivity contribution in [3.05, 3.63) is 17.0 Å². The number of aromatic amines is 1. The van der Waals surface area contributed by atoms with Crippen molar-refractivity contribution in [2.24, 2.45) is 11.8 Å². The quantitative estimate of drug-likeness (QED) is 0.845. The predicted octanol–water partition coefficient (Wildman–Crippen LogP) is 2.68. The van der Waals surface area contributed by atoms with Gasteiger partial charge >= 0.3 is 0 Å². The molecule has 2 heterocycles. The molecule has 1 saturated carbocycles. The summed E-state index contributed by atoms with van der Waals surface area (Å²) in [5.41, 5.74) is 2.51. The van der Waals surface area contributed by atoms with Crippen LogP contribution in [0.15, 0.2) is 0 Å². The fourth-order valence-electron chi connectivity index (χ4n) is 3.81. The molecule has 2 aliphatic rings. The highest BCUT2D eigenvalue weighted by atomic mass is 16.2. The van der Waals surface area contributed by atoms with E-state index in [-0.39, 0.29) is 5.91 Å². The second kappa shape index (κ2) is 4.99. The third-order valence-corrected chi connectivity index (χ3v) is 4.92. The molecule has 0 aromatic carbocycles. The van der Waals surface area contributed by atoms with Crippen LogP contribution in [0.4, 0.5) is 0 Å². The van der Waals surface area contributed by atoms with E-state index in [1.165, 1.54) is 32.1 Å². The number of rotatable bonds is 1. The molecule has 4 nitrogen and oxygen atoms in total. The number of carbonyl (C=O) groups excluding carboxylic acids is 1. The van der Waals surface area contributed by atoms with Crippen LogP contribution in [0.25, 0.3) is 0 Å². The van der Waals surface area contributed by atoms with Crippen LogP contribution >= 0.6 is 0 Å². The van der Waals surface area contributed by atoms with E-state index < -0.39 is 0 Å². The Morgan fingerprint density at radius 2 is 1.95 bits per heavy atom. The molecule has 0 bridgehead atoms. The lowest BCUT2D eigenvalue weighted by Gasteiger charge is -2.41. The van der Waals surface area contributed by atoms with Crippen LogP contribution in [0.1, 0.15) is 53.8 Å². The van der Waals surface area contributed by atoms with Crippen LogP contribution in [0.5, 0.6) is 0 Å². The Labute approximate surface area is 114 Å². The summed E-state index contributed by atoms with van der Waals surface area (Å²) >= 11 is 0. The summed E-state index contributed by atoms with van der Waals surface area (Å²) in [5, 5.41) is 7.06. The first-order valence-electron chi connectivity index (χ1n) is 7.47. The first-order chi connectivity index (χ1) is 9.16. The minimum Gasteiger partial charge on any atom is -0.338 e. The zero-order chi connectivity index (χ0) is 13.4. The number of H-pyrrole nitrogens is 1. The lowest BCUT2D eigenvalue weighted by Crippen LogP contribution is -2.45. The summed E-state index contributed by atoms with van der Waals surface area (Å²) in [7, 11) is 0. The fourth-order valence-corrected chi connectivity index (χ4v) is 3.81. The molecule has 1 saturated heterocycles. The number of carbonyl (C=O) groups is 1. The number of aromatic nitrogens is 2. The Morgan fingerprint density at radius 1 is 1.21 bits per heavy atom. The monoisotopic (exact) mass is 261 g/mol. The number of likely N-dealkylation sites (tertiary alicyclic amines) is 1. The second-order valence-corrected chi connectivity index (χ2v) is 6.15. The lowest BCUT2D eigenvalue weighted by atomic mass is 9.75. The van der Waals surface area contributed by atoms with Crippen molar-refractivity contribution in [2.75, 3.05) is 13.1 Å². The van der Waals surface area contributed by atoms with Crippen molar-refractivity contribution in [2.45, 2.75) is 46.0 Å². The zero-order valence-electron chi connectivity index (χ0n) is 11.9. The standard InChI is InChI=1S/C15H23N3O/c1-10-14(11(2)17-16-10)15(19)18-8-7-12-5-3-4-6-13(12)9-18/h12-13H,3-9H2,1-2H3,(H,16,17). The lowest BCUT2D eigenvalue weighted by molar-refractivity contribution is 0.0519. The average Bonchev–Trinajstić information content (AvgIpc) is 2.77. The van der Waals surface area contributed by atoms with Gasteiger partial charge in [-0.1, -0.05) is 19.3 Å². The fraction of sp³-hybridized carbons (Fsp3) is 0.733. The largest absolute Gasteiger partial charge is 0.338 e. The van der Waals surface area contributed by atoms with Crippen LogP contribution < -0.4 is 0 Å². The van der Waals surface area contributed by atoms with Gasteiger partial charge in [-0.2, -0.15) is 5.10 Å². The summed E-state index contributed by atoms with van der Waals surface area (Å²) in [5.74, 6) is 1.77. The van der Waals surface area contributed by atoms with Gasteiger partial charge in [-0.15, -0.1) is 0 Å². The van der Waals surface area contributed by atoms with Crippen LogP contribution in [0.2, 0.25) is 0 Å². The maximum absolute atomic E-state index is 12.6. The molecular formula is C15H23N3O. The van der Waals surface area contributed by atoms with Gasteiger partial charge in [-0.25, -0.2) is 0 Å². The maximum atomic E-state index is 12.6. The van der Waals surface area contributed by atoms with Crippen LogP contribution in [0.3, 0.4) is 0 Å². The number of hydrogen-bond donors (Lipinski definition) is 1. The molecule has 2 fully saturated rings. The SMILES string of the molecule is Cc1n[nH]c(C)c1C(=O)N1CCC2CCCCC2C1. The van der Waals surface area contributed by atoms with Gasteiger partial charge in [0.25, 0.3) is 5.91 Å². The van der Waals surface area contributed by atoms with E-state index in [9.17, 15) is 4.79 Å². The minimum atomic E-state index is 0.174. The molecule has 2 atom stereocenters. The number of amides is 1. The van der Waals surface area contributed by atoms with E-state index in [1.54, 1.807) is 0 Å². The Hall–Kier alpha value is -1.32. The molecule has 1 aromatic heterocycles. The van der Waals surface area contributed by atoms with Gasteiger partial charge in [0.05, 0.1) is 11.3 Å². The number of aryl methyl sites for hydroxylation is 2. The number of nitrogens with zero attached hydrogens (tertiary/aromatic N) is 2. The summed E-state index contributed by atoms with van der Waals surface area (Å²) < 4.78 is 0. The van der Waals surface area contributed by atoms with Gasteiger partial charge in [0.1, 0.15) is 0 Å². The highest BCUT2D eigenvalue weighted by molar-refractivity contribution is 5.96. The van der Waals surface area contributed by atoms with E-state index in [0.717, 1.165) is 41.9 Å². The summed E-state index contributed by atoms with van der Waals surface area (Å²) in [6.45, 7) is 5.71. The van der Waals surface area contributed by atoms with Crippen LogP contribution in [-0.2, 0) is 0 Å². The summed E-state index contributed by atoms with van der Waals surface area (Å²) in [6, 6.07) is 0. The molecule has 2 unspecified atom stereocenters. The summed E-state index contributed by atoms with van der Waals surface area (Å²) in [6.07, 6.45) is 6.59. The number of nitrogens with one attached hydrogen (secondary N) is 1. The van der Waals surface area contributed by atoms with E-state index in [1.807, 2.05) is 13.8 Å².